The summed E-state index contributed by atoms with van der Waals surface area (Å²) in [5.41, 5.74) is -0.820. The van der Waals surface area contributed by atoms with E-state index in [1.807, 2.05) is 0 Å². The van der Waals surface area contributed by atoms with Gasteiger partial charge in [-0.15, -0.1) is 0 Å². The number of amides is 1. The maximum absolute atomic E-state index is 13.7. The van der Waals surface area contributed by atoms with Gasteiger partial charge in [-0.1, -0.05) is 13.0 Å². The van der Waals surface area contributed by atoms with E-state index in [4.69, 9.17) is 0 Å². The Balaban J connectivity index is 2.04. The van der Waals surface area contributed by atoms with Crippen LogP contribution in [0.5, 0.6) is 0 Å². The molecule has 1 amide bonds. The average Bonchev–Trinajstić information content (AvgIpc) is 3.26. The zero-order valence-corrected chi connectivity index (χ0v) is 12.7. The van der Waals surface area contributed by atoms with Crippen LogP contribution < -0.4 is 0 Å². The Morgan fingerprint density at radius 2 is 1.86 bits per heavy atom. The lowest BCUT2D eigenvalue weighted by Gasteiger charge is -2.30. The van der Waals surface area contributed by atoms with E-state index in [9.17, 15) is 23.8 Å². The third-order valence-electron chi connectivity index (χ3n) is 4.24. The van der Waals surface area contributed by atoms with Crippen LogP contribution in [0.25, 0.3) is 0 Å². The number of rotatable bonds is 6. The molecule has 2 rings (SSSR count). The first-order valence-electron chi connectivity index (χ1n) is 7.23. The van der Waals surface area contributed by atoms with Crippen molar-refractivity contribution in [3.63, 3.8) is 0 Å². The highest BCUT2D eigenvalue weighted by Gasteiger charge is 2.48. The van der Waals surface area contributed by atoms with Gasteiger partial charge in [0, 0.05) is 36.4 Å². The van der Waals surface area contributed by atoms with E-state index in [0.29, 0.717) is 6.42 Å². The van der Waals surface area contributed by atoms with E-state index >= 15 is 0 Å². The first kappa shape index (κ1) is 16.8. The molecule has 1 aromatic carbocycles. The molecule has 1 fully saturated rings. The van der Waals surface area contributed by atoms with Crippen molar-refractivity contribution in [2.75, 3.05) is 26.8 Å². The van der Waals surface area contributed by atoms with E-state index in [0.717, 1.165) is 0 Å². The topological polar surface area (TPSA) is 60.8 Å². The second kappa shape index (κ2) is 6.30. The molecule has 2 unspecified atom stereocenters. The van der Waals surface area contributed by atoms with Crippen LogP contribution in [0.3, 0.4) is 0 Å². The Labute approximate surface area is 128 Å². The predicted molar refractivity (Wildman–Crippen MR) is 77.1 cm³/mol. The van der Waals surface area contributed by atoms with Crippen LogP contribution in [-0.4, -0.2) is 47.8 Å². The molecule has 0 aliphatic heterocycles. The largest absolute Gasteiger partial charge is 0.396 e. The summed E-state index contributed by atoms with van der Waals surface area (Å²) < 4.78 is 27.5. The number of aliphatic hydroxyl groups is 2. The summed E-state index contributed by atoms with van der Waals surface area (Å²) in [5.74, 6) is -2.36. The number of halogens is 2. The minimum absolute atomic E-state index is 0.0265. The monoisotopic (exact) mass is 313 g/mol. The van der Waals surface area contributed by atoms with Crippen molar-refractivity contribution in [1.82, 2.24) is 4.90 Å². The van der Waals surface area contributed by atoms with E-state index in [-0.39, 0.29) is 31.2 Å². The van der Waals surface area contributed by atoms with E-state index in [1.165, 1.54) is 23.1 Å². The smallest absolute Gasteiger partial charge is 0.226 e. The molecule has 1 aliphatic carbocycles. The van der Waals surface area contributed by atoms with Gasteiger partial charge in [-0.3, -0.25) is 4.79 Å². The molecule has 1 aromatic rings. The molecule has 1 aliphatic rings. The molecule has 122 valence electrons. The van der Waals surface area contributed by atoms with Gasteiger partial charge in [-0.05, 0) is 18.6 Å². The number of aliphatic hydroxyl groups excluding tert-OH is 2. The van der Waals surface area contributed by atoms with E-state index in [2.05, 4.69) is 0 Å². The van der Waals surface area contributed by atoms with Crippen molar-refractivity contribution in [2.24, 2.45) is 11.3 Å². The van der Waals surface area contributed by atoms with Crippen molar-refractivity contribution in [1.29, 1.82) is 0 Å². The fourth-order valence-electron chi connectivity index (χ4n) is 2.74. The second-order valence-corrected chi connectivity index (χ2v) is 6.41. The van der Waals surface area contributed by atoms with Gasteiger partial charge in [-0.2, -0.15) is 0 Å². The average molecular weight is 313 g/mol. The first-order chi connectivity index (χ1) is 10.3. The highest BCUT2D eigenvalue weighted by molar-refractivity contribution is 5.82. The van der Waals surface area contributed by atoms with Crippen molar-refractivity contribution in [2.45, 2.75) is 19.3 Å². The molecule has 0 bridgehead atoms. The second-order valence-electron chi connectivity index (χ2n) is 6.41. The Kier molecular flexibility index (Phi) is 4.82. The van der Waals surface area contributed by atoms with Crippen LogP contribution in [-0.2, 0) is 4.79 Å². The van der Waals surface area contributed by atoms with Gasteiger partial charge in [0.25, 0.3) is 0 Å². The molecule has 0 spiro atoms. The number of nitrogens with zero attached hydrogens (tertiary/aromatic N) is 1. The van der Waals surface area contributed by atoms with E-state index in [1.54, 1.807) is 14.0 Å². The van der Waals surface area contributed by atoms with Crippen molar-refractivity contribution in [3.05, 3.63) is 35.4 Å². The van der Waals surface area contributed by atoms with Crippen LogP contribution in [0.1, 0.15) is 24.8 Å². The molecule has 4 nitrogen and oxygen atoms in total. The Bertz CT molecular complexity index is 540. The van der Waals surface area contributed by atoms with Gasteiger partial charge in [0.2, 0.25) is 5.91 Å². The number of benzene rings is 1. The SMILES string of the molecule is CN(CC(C)(CO)CO)C(=O)C1CC1c1c(F)cccc1F. The number of carbonyl (C=O) groups excluding carboxylic acids is 1. The molecule has 0 saturated heterocycles. The van der Waals surface area contributed by atoms with Gasteiger partial charge in [0.05, 0.1) is 13.2 Å². The zero-order valence-electron chi connectivity index (χ0n) is 12.7. The van der Waals surface area contributed by atoms with Crippen molar-refractivity contribution >= 4 is 5.91 Å². The minimum atomic E-state index is -0.794. The molecule has 2 N–H and O–H groups in total. The van der Waals surface area contributed by atoms with Crippen LogP contribution in [0.2, 0.25) is 0 Å². The maximum Gasteiger partial charge on any atom is 0.226 e. The summed E-state index contributed by atoms with van der Waals surface area (Å²) >= 11 is 0. The molecular formula is C16H21F2NO3. The molecule has 22 heavy (non-hydrogen) atoms. The molecule has 6 heteroatoms. The van der Waals surface area contributed by atoms with Crippen LogP contribution in [0.15, 0.2) is 18.2 Å². The van der Waals surface area contributed by atoms with Gasteiger partial charge >= 0.3 is 0 Å². The lowest BCUT2D eigenvalue weighted by molar-refractivity contribution is -0.133. The summed E-state index contributed by atoms with van der Waals surface area (Å²) in [6.07, 6.45) is 0.413. The molecular weight excluding hydrogens is 292 g/mol. The normalized spacial score (nSPS) is 20.8. The van der Waals surface area contributed by atoms with Gasteiger partial charge < -0.3 is 15.1 Å². The lowest BCUT2D eigenvalue weighted by atomic mass is 9.92. The summed E-state index contributed by atoms with van der Waals surface area (Å²) in [6.45, 7) is 1.34. The minimum Gasteiger partial charge on any atom is -0.396 e. The highest BCUT2D eigenvalue weighted by Crippen LogP contribution is 2.50. The van der Waals surface area contributed by atoms with Gasteiger partial charge in [-0.25, -0.2) is 8.78 Å². The molecule has 0 radical (unpaired) electrons. The Hall–Kier alpha value is -1.53. The Morgan fingerprint density at radius 3 is 2.36 bits per heavy atom. The standard InChI is InChI=1S/C16H21F2NO3/c1-16(8-20,9-21)7-19(2)15(22)11-6-10(11)14-12(17)4-3-5-13(14)18/h3-5,10-11,20-21H,6-9H2,1-2H3. The lowest BCUT2D eigenvalue weighted by Crippen LogP contribution is -2.42. The van der Waals surface area contributed by atoms with Gasteiger partial charge in [0.1, 0.15) is 11.6 Å². The van der Waals surface area contributed by atoms with E-state index < -0.39 is 28.9 Å². The fourth-order valence-corrected chi connectivity index (χ4v) is 2.74. The molecule has 0 heterocycles. The third kappa shape index (κ3) is 3.28. The van der Waals surface area contributed by atoms with Crippen LogP contribution in [0.4, 0.5) is 8.78 Å². The first-order valence-corrected chi connectivity index (χ1v) is 7.23. The predicted octanol–water partition coefficient (Wildman–Crippen LogP) is 1.52. The fraction of sp³-hybridized carbons (Fsp3) is 0.562. The molecule has 1 saturated carbocycles. The number of hydrogen-bond donors (Lipinski definition) is 2. The maximum atomic E-state index is 13.7. The summed E-state index contributed by atoms with van der Waals surface area (Å²) in [6, 6.07) is 3.68. The molecule has 2 atom stereocenters. The van der Waals surface area contributed by atoms with Crippen molar-refractivity contribution < 1.29 is 23.8 Å². The van der Waals surface area contributed by atoms with Crippen LogP contribution in [0, 0.1) is 23.0 Å². The third-order valence-corrected chi connectivity index (χ3v) is 4.24. The zero-order chi connectivity index (χ0) is 16.5. The molecule has 0 aromatic heterocycles. The quantitative estimate of drug-likeness (QED) is 0.837. The summed E-state index contributed by atoms with van der Waals surface area (Å²) in [5, 5.41) is 18.6. The summed E-state index contributed by atoms with van der Waals surface area (Å²) in [7, 11) is 1.57. The highest BCUT2D eigenvalue weighted by atomic mass is 19.1. The van der Waals surface area contributed by atoms with Crippen LogP contribution >= 0.6 is 0 Å². The number of hydrogen-bond acceptors (Lipinski definition) is 3. The summed E-state index contributed by atoms with van der Waals surface area (Å²) in [4.78, 5) is 13.8. The Morgan fingerprint density at radius 1 is 1.32 bits per heavy atom. The number of carbonyl (C=O) groups is 1. The van der Waals surface area contributed by atoms with Crippen molar-refractivity contribution in [3.8, 4) is 0 Å². The van der Waals surface area contributed by atoms with Gasteiger partial charge in [0.15, 0.2) is 0 Å².